The summed E-state index contributed by atoms with van der Waals surface area (Å²) < 4.78 is 10.9. The number of fused-ring (bicyclic) bond motifs is 1. The molecule has 5 nitrogen and oxygen atoms in total. The lowest BCUT2D eigenvalue weighted by Gasteiger charge is -2.23. The lowest BCUT2D eigenvalue weighted by molar-refractivity contribution is 0.171. The number of benzene rings is 1. The quantitative estimate of drug-likeness (QED) is 0.873. The highest BCUT2D eigenvalue weighted by atomic mass is 16.6. The first-order valence-corrected chi connectivity index (χ1v) is 6.02. The zero-order valence-corrected chi connectivity index (χ0v) is 10.9. The van der Waals surface area contributed by atoms with Crippen LogP contribution < -0.4 is 19.7 Å². The molecule has 1 aliphatic rings. The van der Waals surface area contributed by atoms with Crippen molar-refractivity contribution >= 4 is 11.7 Å². The van der Waals surface area contributed by atoms with Gasteiger partial charge in [-0.05, 0) is 26.0 Å². The SMILES string of the molecule is CC(C)NC(=O)N(C)c1ccc2c(c1)OCCO2. The van der Waals surface area contributed by atoms with Crippen LogP contribution in [-0.4, -0.2) is 32.3 Å². The van der Waals surface area contributed by atoms with Crippen LogP contribution in [0.5, 0.6) is 11.5 Å². The summed E-state index contributed by atoms with van der Waals surface area (Å²) >= 11 is 0. The van der Waals surface area contributed by atoms with E-state index in [0.29, 0.717) is 19.0 Å². The predicted molar refractivity (Wildman–Crippen MR) is 69.5 cm³/mol. The molecule has 98 valence electrons. The Hall–Kier alpha value is -1.91. The third-order valence-corrected chi connectivity index (χ3v) is 2.63. The lowest BCUT2D eigenvalue weighted by atomic mass is 10.2. The van der Waals surface area contributed by atoms with Gasteiger partial charge < -0.3 is 14.8 Å². The van der Waals surface area contributed by atoms with Gasteiger partial charge in [0.05, 0.1) is 0 Å². The van der Waals surface area contributed by atoms with Gasteiger partial charge in [-0.15, -0.1) is 0 Å². The van der Waals surface area contributed by atoms with Gasteiger partial charge in [-0.25, -0.2) is 4.79 Å². The van der Waals surface area contributed by atoms with Gasteiger partial charge in [-0.3, -0.25) is 4.90 Å². The molecule has 1 aromatic carbocycles. The van der Waals surface area contributed by atoms with Crippen LogP contribution in [0.3, 0.4) is 0 Å². The molecule has 18 heavy (non-hydrogen) atoms. The first kappa shape index (κ1) is 12.5. The Labute approximate surface area is 107 Å². The summed E-state index contributed by atoms with van der Waals surface area (Å²) in [6, 6.07) is 5.45. The van der Waals surface area contributed by atoms with Gasteiger partial charge in [0.15, 0.2) is 11.5 Å². The largest absolute Gasteiger partial charge is 0.486 e. The van der Waals surface area contributed by atoms with Crippen LogP contribution in [0.1, 0.15) is 13.8 Å². The van der Waals surface area contributed by atoms with Crippen molar-refractivity contribution in [3.05, 3.63) is 18.2 Å². The molecule has 1 heterocycles. The van der Waals surface area contributed by atoms with Crippen LogP contribution in [0.4, 0.5) is 10.5 Å². The van der Waals surface area contributed by atoms with E-state index in [1.165, 1.54) is 0 Å². The molecule has 1 N–H and O–H groups in total. The van der Waals surface area contributed by atoms with Crippen molar-refractivity contribution in [2.24, 2.45) is 0 Å². The van der Waals surface area contributed by atoms with E-state index in [1.54, 1.807) is 11.9 Å². The second-order valence-electron chi connectivity index (χ2n) is 4.49. The summed E-state index contributed by atoms with van der Waals surface area (Å²) in [5, 5.41) is 2.84. The van der Waals surface area contributed by atoms with E-state index >= 15 is 0 Å². The van der Waals surface area contributed by atoms with Crippen molar-refractivity contribution in [3.63, 3.8) is 0 Å². The number of nitrogens with zero attached hydrogens (tertiary/aromatic N) is 1. The number of hydrogen-bond acceptors (Lipinski definition) is 3. The van der Waals surface area contributed by atoms with Crippen LogP contribution >= 0.6 is 0 Å². The Morgan fingerprint density at radius 2 is 1.94 bits per heavy atom. The molecule has 0 saturated carbocycles. The minimum absolute atomic E-state index is 0.108. The van der Waals surface area contributed by atoms with Crippen molar-refractivity contribution in [3.8, 4) is 11.5 Å². The minimum atomic E-state index is -0.137. The summed E-state index contributed by atoms with van der Waals surface area (Å²) in [7, 11) is 1.73. The summed E-state index contributed by atoms with van der Waals surface area (Å²) in [5.41, 5.74) is 0.775. The van der Waals surface area contributed by atoms with Gasteiger partial charge in [0.2, 0.25) is 0 Å². The van der Waals surface area contributed by atoms with E-state index in [0.717, 1.165) is 11.4 Å². The number of amides is 2. The average molecular weight is 250 g/mol. The second-order valence-corrected chi connectivity index (χ2v) is 4.49. The number of hydrogen-bond donors (Lipinski definition) is 1. The van der Waals surface area contributed by atoms with Gasteiger partial charge in [0.1, 0.15) is 13.2 Å². The molecule has 1 aromatic rings. The molecule has 0 radical (unpaired) electrons. The van der Waals surface area contributed by atoms with Gasteiger partial charge in [-0.2, -0.15) is 0 Å². The molecule has 0 spiro atoms. The molecule has 0 bridgehead atoms. The normalized spacial score (nSPS) is 13.3. The number of anilines is 1. The van der Waals surface area contributed by atoms with Gasteiger partial charge in [0.25, 0.3) is 0 Å². The Morgan fingerprint density at radius 1 is 1.28 bits per heavy atom. The molecule has 2 amide bonds. The van der Waals surface area contributed by atoms with E-state index in [-0.39, 0.29) is 12.1 Å². The molecule has 0 aromatic heterocycles. The van der Waals surface area contributed by atoms with Crippen molar-refractivity contribution in [2.75, 3.05) is 25.2 Å². The summed E-state index contributed by atoms with van der Waals surface area (Å²) in [6.07, 6.45) is 0. The lowest BCUT2D eigenvalue weighted by Crippen LogP contribution is -2.40. The molecular weight excluding hydrogens is 232 g/mol. The van der Waals surface area contributed by atoms with E-state index in [9.17, 15) is 4.79 Å². The van der Waals surface area contributed by atoms with E-state index in [4.69, 9.17) is 9.47 Å². The third-order valence-electron chi connectivity index (χ3n) is 2.63. The maximum absolute atomic E-state index is 11.9. The highest BCUT2D eigenvalue weighted by Crippen LogP contribution is 2.33. The monoisotopic (exact) mass is 250 g/mol. The standard InChI is InChI=1S/C13H18N2O3/c1-9(2)14-13(16)15(3)10-4-5-11-12(8-10)18-7-6-17-11/h4-5,8-9H,6-7H2,1-3H3,(H,14,16). The Balaban J connectivity index is 2.15. The molecular formula is C13H18N2O3. The highest BCUT2D eigenvalue weighted by Gasteiger charge is 2.16. The molecule has 0 saturated heterocycles. The number of rotatable bonds is 2. The van der Waals surface area contributed by atoms with Crippen LogP contribution in [0.25, 0.3) is 0 Å². The van der Waals surface area contributed by atoms with E-state index in [2.05, 4.69) is 5.32 Å². The molecule has 2 rings (SSSR count). The number of carbonyl (C=O) groups is 1. The van der Waals surface area contributed by atoms with Crippen LogP contribution in [-0.2, 0) is 0 Å². The molecule has 0 atom stereocenters. The third kappa shape index (κ3) is 2.67. The zero-order valence-electron chi connectivity index (χ0n) is 10.9. The maximum Gasteiger partial charge on any atom is 0.321 e. The number of urea groups is 1. The van der Waals surface area contributed by atoms with Gasteiger partial charge >= 0.3 is 6.03 Å². The highest BCUT2D eigenvalue weighted by molar-refractivity contribution is 5.91. The Kier molecular flexibility index (Phi) is 3.60. The number of carbonyl (C=O) groups excluding carboxylic acids is 1. The van der Waals surface area contributed by atoms with Crippen molar-refractivity contribution in [2.45, 2.75) is 19.9 Å². The maximum atomic E-state index is 11.9. The topological polar surface area (TPSA) is 50.8 Å². The van der Waals surface area contributed by atoms with Crippen LogP contribution in [0, 0.1) is 0 Å². The van der Waals surface area contributed by atoms with E-state index < -0.39 is 0 Å². The molecule has 5 heteroatoms. The molecule has 0 aliphatic carbocycles. The van der Waals surface area contributed by atoms with E-state index in [1.807, 2.05) is 32.0 Å². The molecule has 0 fully saturated rings. The fourth-order valence-electron chi connectivity index (χ4n) is 1.70. The fourth-order valence-corrected chi connectivity index (χ4v) is 1.70. The average Bonchev–Trinajstić information content (AvgIpc) is 2.36. The second kappa shape index (κ2) is 5.16. The molecule has 0 unspecified atom stereocenters. The zero-order chi connectivity index (χ0) is 13.1. The Bertz CT molecular complexity index is 446. The van der Waals surface area contributed by atoms with Crippen molar-refractivity contribution < 1.29 is 14.3 Å². The minimum Gasteiger partial charge on any atom is -0.486 e. The first-order chi connectivity index (χ1) is 8.58. The van der Waals surface area contributed by atoms with Gasteiger partial charge in [-0.1, -0.05) is 0 Å². The summed E-state index contributed by atoms with van der Waals surface area (Å²) in [6.45, 7) is 4.96. The number of ether oxygens (including phenoxy) is 2. The summed E-state index contributed by atoms with van der Waals surface area (Å²) in [5.74, 6) is 1.41. The predicted octanol–water partition coefficient (Wildman–Crippen LogP) is 2.01. The summed E-state index contributed by atoms with van der Waals surface area (Å²) in [4.78, 5) is 13.4. The fraction of sp³-hybridized carbons (Fsp3) is 0.462. The smallest absolute Gasteiger partial charge is 0.321 e. The first-order valence-electron chi connectivity index (χ1n) is 6.02. The van der Waals surface area contributed by atoms with Crippen molar-refractivity contribution in [1.82, 2.24) is 5.32 Å². The van der Waals surface area contributed by atoms with Gasteiger partial charge in [0, 0.05) is 24.8 Å². The molecule has 1 aliphatic heterocycles. The van der Waals surface area contributed by atoms with Crippen molar-refractivity contribution in [1.29, 1.82) is 0 Å². The van der Waals surface area contributed by atoms with Crippen LogP contribution in [0.15, 0.2) is 18.2 Å². The number of nitrogens with one attached hydrogen (secondary N) is 1. The Morgan fingerprint density at radius 3 is 2.61 bits per heavy atom. The van der Waals surface area contributed by atoms with Crippen LogP contribution in [0.2, 0.25) is 0 Å².